The van der Waals surface area contributed by atoms with Crippen LogP contribution in [-0.2, 0) is 0 Å². The van der Waals surface area contributed by atoms with Crippen LogP contribution >= 0.6 is 0 Å². The Balaban J connectivity index is 2.51. The molecule has 1 aromatic heterocycles. The molecule has 17 heavy (non-hydrogen) atoms. The molecule has 0 aliphatic carbocycles. The minimum atomic E-state index is -0.718. The summed E-state index contributed by atoms with van der Waals surface area (Å²) < 4.78 is 0. The number of hydrogen-bond acceptors (Lipinski definition) is 3. The number of aryl methyl sites for hydroxylation is 2. The molecule has 1 aromatic carbocycles. The number of nitrogens with two attached hydrogens (primary N) is 1. The molecule has 0 bridgehead atoms. The molecule has 0 saturated carbocycles. The lowest BCUT2D eigenvalue weighted by Crippen LogP contribution is -2.08. The molecule has 0 saturated heterocycles. The molecule has 1 unspecified atom stereocenters. The number of anilines is 1. The third kappa shape index (κ3) is 2.15. The van der Waals surface area contributed by atoms with Crippen LogP contribution in [0.3, 0.4) is 0 Å². The topological polar surface area (TPSA) is 59.1 Å². The molecule has 1 atom stereocenters. The minimum Gasteiger partial charge on any atom is -0.383 e. The SMILES string of the molecule is Cc1cccc(C)c1C(O)c1cccnc1N. The average Bonchev–Trinajstić information content (AvgIpc) is 2.29. The second-order valence-electron chi connectivity index (χ2n) is 4.19. The lowest BCUT2D eigenvalue weighted by Gasteiger charge is -2.17. The van der Waals surface area contributed by atoms with Crippen molar-refractivity contribution < 1.29 is 5.11 Å². The molecule has 2 rings (SSSR count). The summed E-state index contributed by atoms with van der Waals surface area (Å²) in [6, 6.07) is 9.53. The fourth-order valence-corrected chi connectivity index (χ4v) is 2.08. The predicted molar refractivity (Wildman–Crippen MR) is 68.6 cm³/mol. The summed E-state index contributed by atoms with van der Waals surface area (Å²) in [7, 11) is 0. The van der Waals surface area contributed by atoms with Crippen molar-refractivity contribution in [2.24, 2.45) is 0 Å². The van der Waals surface area contributed by atoms with Crippen molar-refractivity contribution in [2.75, 3.05) is 5.73 Å². The minimum absolute atomic E-state index is 0.377. The second-order valence-corrected chi connectivity index (χ2v) is 4.19. The van der Waals surface area contributed by atoms with Crippen LogP contribution in [-0.4, -0.2) is 10.1 Å². The molecule has 88 valence electrons. The van der Waals surface area contributed by atoms with E-state index < -0.39 is 6.10 Å². The van der Waals surface area contributed by atoms with Crippen LogP contribution in [0.4, 0.5) is 5.82 Å². The molecule has 0 fully saturated rings. The molecule has 0 spiro atoms. The monoisotopic (exact) mass is 228 g/mol. The highest BCUT2D eigenvalue weighted by molar-refractivity contribution is 5.48. The molecule has 0 aliphatic heterocycles. The van der Waals surface area contributed by atoms with Gasteiger partial charge >= 0.3 is 0 Å². The Hall–Kier alpha value is -1.87. The van der Waals surface area contributed by atoms with E-state index in [1.54, 1.807) is 18.3 Å². The van der Waals surface area contributed by atoms with Crippen molar-refractivity contribution in [1.29, 1.82) is 0 Å². The Morgan fingerprint density at radius 2 is 1.76 bits per heavy atom. The van der Waals surface area contributed by atoms with Gasteiger partial charge in [-0.25, -0.2) is 4.98 Å². The number of hydrogen-bond donors (Lipinski definition) is 2. The van der Waals surface area contributed by atoms with Crippen molar-refractivity contribution in [3.8, 4) is 0 Å². The van der Waals surface area contributed by atoms with Crippen LogP contribution in [0.15, 0.2) is 36.5 Å². The van der Waals surface area contributed by atoms with Crippen LogP contribution in [0.2, 0.25) is 0 Å². The van der Waals surface area contributed by atoms with Crippen LogP contribution in [0.25, 0.3) is 0 Å². The zero-order chi connectivity index (χ0) is 12.4. The van der Waals surface area contributed by atoms with Crippen LogP contribution in [0, 0.1) is 13.8 Å². The van der Waals surface area contributed by atoms with Gasteiger partial charge in [0.1, 0.15) is 11.9 Å². The fraction of sp³-hybridized carbons (Fsp3) is 0.214. The molecule has 3 nitrogen and oxygen atoms in total. The van der Waals surface area contributed by atoms with E-state index in [1.807, 2.05) is 32.0 Å². The van der Waals surface area contributed by atoms with Crippen LogP contribution in [0.5, 0.6) is 0 Å². The first kappa shape index (κ1) is 11.6. The lowest BCUT2D eigenvalue weighted by atomic mass is 9.94. The average molecular weight is 228 g/mol. The van der Waals surface area contributed by atoms with Gasteiger partial charge in [0, 0.05) is 11.8 Å². The number of nitrogen functional groups attached to an aromatic ring is 1. The quantitative estimate of drug-likeness (QED) is 0.829. The van der Waals surface area contributed by atoms with Gasteiger partial charge in [0.15, 0.2) is 0 Å². The number of aliphatic hydroxyl groups excluding tert-OH is 1. The van der Waals surface area contributed by atoms with E-state index in [0.29, 0.717) is 11.4 Å². The Kier molecular flexibility index (Phi) is 3.11. The lowest BCUT2D eigenvalue weighted by molar-refractivity contribution is 0.219. The van der Waals surface area contributed by atoms with Crippen molar-refractivity contribution in [2.45, 2.75) is 20.0 Å². The molecule has 0 radical (unpaired) electrons. The number of rotatable bonds is 2. The fourth-order valence-electron chi connectivity index (χ4n) is 2.08. The highest BCUT2D eigenvalue weighted by atomic mass is 16.3. The largest absolute Gasteiger partial charge is 0.383 e. The highest BCUT2D eigenvalue weighted by Gasteiger charge is 2.17. The number of benzene rings is 1. The van der Waals surface area contributed by atoms with Crippen LogP contribution < -0.4 is 5.73 Å². The predicted octanol–water partition coefficient (Wildman–Crippen LogP) is 2.36. The first-order valence-corrected chi connectivity index (χ1v) is 5.56. The smallest absolute Gasteiger partial charge is 0.129 e. The van der Waals surface area contributed by atoms with Crippen molar-refractivity contribution in [3.63, 3.8) is 0 Å². The Labute approximate surface area is 101 Å². The van der Waals surface area contributed by atoms with E-state index in [4.69, 9.17) is 5.73 Å². The van der Waals surface area contributed by atoms with E-state index in [2.05, 4.69) is 4.98 Å². The number of nitrogens with zero attached hydrogens (tertiary/aromatic N) is 1. The zero-order valence-corrected chi connectivity index (χ0v) is 10.0. The third-order valence-electron chi connectivity index (χ3n) is 2.98. The maximum absolute atomic E-state index is 10.4. The van der Waals surface area contributed by atoms with Crippen LogP contribution in [0.1, 0.15) is 28.4 Å². The molecule has 3 N–H and O–H groups in total. The molecule has 2 aromatic rings. The van der Waals surface area contributed by atoms with Crippen molar-refractivity contribution in [1.82, 2.24) is 4.98 Å². The van der Waals surface area contributed by atoms with Crippen molar-refractivity contribution in [3.05, 3.63) is 58.8 Å². The second kappa shape index (κ2) is 4.55. The third-order valence-corrected chi connectivity index (χ3v) is 2.98. The summed E-state index contributed by atoms with van der Waals surface area (Å²) in [6.07, 6.45) is 0.904. The normalized spacial score (nSPS) is 12.4. The first-order chi connectivity index (χ1) is 8.11. The summed E-state index contributed by atoms with van der Waals surface area (Å²) in [5, 5.41) is 10.4. The maximum atomic E-state index is 10.4. The summed E-state index contributed by atoms with van der Waals surface area (Å²) in [6.45, 7) is 3.97. The zero-order valence-electron chi connectivity index (χ0n) is 10.0. The van der Waals surface area contributed by atoms with E-state index >= 15 is 0 Å². The van der Waals surface area contributed by atoms with Crippen molar-refractivity contribution >= 4 is 5.82 Å². The van der Waals surface area contributed by atoms with E-state index in [-0.39, 0.29) is 0 Å². The van der Waals surface area contributed by atoms with Gasteiger partial charge in [-0.05, 0) is 36.6 Å². The van der Waals surface area contributed by atoms with Gasteiger partial charge < -0.3 is 10.8 Å². The molecule has 1 heterocycles. The van der Waals surface area contributed by atoms with E-state index in [9.17, 15) is 5.11 Å². The molecular weight excluding hydrogens is 212 g/mol. The van der Waals surface area contributed by atoms with E-state index in [0.717, 1.165) is 16.7 Å². The van der Waals surface area contributed by atoms with Gasteiger partial charge in [-0.3, -0.25) is 0 Å². The number of pyridine rings is 1. The van der Waals surface area contributed by atoms with Gasteiger partial charge in [-0.15, -0.1) is 0 Å². The van der Waals surface area contributed by atoms with Gasteiger partial charge in [-0.2, -0.15) is 0 Å². The van der Waals surface area contributed by atoms with Gasteiger partial charge in [-0.1, -0.05) is 24.3 Å². The molecular formula is C14H16N2O. The summed E-state index contributed by atoms with van der Waals surface area (Å²) in [5.41, 5.74) is 9.47. The number of aromatic nitrogens is 1. The highest BCUT2D eigenvalue weighted by Crippen LogP contribution is 2.29. The Morgan fingerprint density at radius 3 is 2.35 bits per heavy atom. The summed E-state index contributed by atoms with van der Waals surface area (Å²) in [5.74, 6) is 0.377. The maximum Gasteiger partial charge on any atom is 0.129 e. The summed E-state index contributed by atoms with van der Waals surface area (Å²) >= 11 is 0. The molecule has 0 aliphatic rings. The standard InChI is InChI=1S/C14H16N2O/c1-9-5-3-6-10(2)12(9)13(17)11-7-4-8-16-14(11)15/h3-8,13,17H,1-2H3,(H2,15,16). The molecule has 3 heteroatoms. The number of aliphatic hydroxyl groups is 1. The molecule has 0 amide bonds. The first-order valence-electron chi connectivity index (χ1n) is 5.56. The Bertz CT molecular complexity index is 517. The van der Waals surface area contributed by atoms with E-state index in [1.165, 1.54) is 0 Å². The summed E-state index contributed by atoms with van der Waals surface area (Å²) in [4.78, 5) is 4.00. The van der Waals surface area contributed by atoms with Gasteiger partial charge in [0.05, 0.1) is 0 Å². The van der Waals surface area contributed by atoms with Gasteiger partial charge in [0.2, 0.25) is 0 Å². The van der Waals surface area contributed by atoms with Gasteiger partial charge in [0.25, 0.3) is 0 Å². The Morgan fingerprint density at radius 1 is 1.12 bits per heavy atom.